The molecule has 6 nitrogen and oxygen atoms in total. The van der Waals surface area contributed by atoms with E-state index in [1.165, 1.54) is 28.6 Å². The minimum absolute atomic E-state index is 0.0434. The molecule has 0 radical (unpaired) electrons. The van der Waals surface area contributed by atoms with Crippen LogP contribution in [0.4, 0.5) is 0 Å². The Morgan fingerprint density at radius 1 is 1.08 bits per heavy atom. The molecule has 0 spiro atoms. The molecule has 0 aliphatic heterocycles. The summed E-state index contributed by atoms with van der Waals surface area (Å²) in [6.45, 7) is 10.8. The zero-order valence-corrected chi connectivity index (χ0v) is 16.1. The van der Waals surface area contributed by atoms with Crippen LogP contribution in [0.3, 0.4) is 0 Å². The molecular weight excluding hydrogens is 326 g/mol. The summed E-state index contributed by atoms with van der Waals surface area (Å²) in [5, 5.41) is 7.24. The maximum Gasteiger partial charge on any atom is 0.252 e. The summed E-state index contributed by atoms with van der Waals surface area (Å²) < 4.78 is 1.72. The van der Waals surface area contributed by atoms with Crippen LogP contribution >= 0.6 is 0 Å². The van der Waals surface area contributed by atoms with E-state index in [2.05, 4.69) is 53.3 Å². The lowest BCUT2D eigenvalue weighted by Crippen LogP contribution is -2.24. The van der Waals surface area contributed by atoms with Crippen molar-refractivity contribution in [2.75, 3.05) is 0 Å². The predicted molar refractivity (Wildman–Crippen MR) is 101 cm³/mol. The van der Waals surface area contributed by atoms with E-state index in [1.54, 1.807) is 4.52 Å². The molecule has 0 unspecified atom stereocenters. The minimum Gasteiger partial charge on any atom is -0.352 e. The van der Waals surface area contributed by atoms with Crippen molar-refractivity contribution in [3.8, 4) is 0 Å². The fourth-order valence-electron chi connectivity index (χ4n) is 3.52. The Kier molecular flexibility index (Phi) is 5.02. The number of amides is 1. The first kappa shape index (κ1) is 18.0. The van der Waals surface area contributed by atoms with E-state index in [-0.39, 0.29) is 5.91 Å². The predicted octanol–water partition coefficient (Wildman–Crippen LogP) is 2.92. The second-order valence-electron chi connectivity index (χ2n) is 6.89. The summed E-state index contributed by atoms with van der Waals surface area (Å²) in [7, 11) is 0. The molecule has 0 saturated carbocycles. The lowest BCUT2D eigenvalue weighted by Gasteiger charge is -2.13. The van der Waals surface area contributed by atoms with Crippen molar-refractivity contribution >= 4 is 11.7 Å². The summed E-state index contributed by atoms with van der Waals surface area (Å²) in [5.41, 5.74) is 7.83. The molecule has 0 aliphatic carbocycles. The van der Waals surface area contributed by atoms with Gasteiger partial charge in [-0.05, 0) is 63.3 Å². The molecule has 0 fully saturated rings. The Morgan fingerprint density at radius 2 is 1.77 bits per heavy atom. The third-order valence-corrected chi connectivity index (χ3v) is 4.89. The number of carbonyl (C=O) groups is 1. The molecule has 3 rings (SSSR count). The summed E-state index contributed by atoms with van der Waals surface area (Å²) in [4.78, 5) is 20.9. The minimum atomic E-state index is 0.0434. The topological polar surface area (TPSA) is 72.2 Å². The maximum absolute atomic E-state index is 12.3. The quantitative estimate of drug-likeness (QED) is 0.767. The first-order valence-electron chi connectivity index (χ1n) is 8.86. The van der Waals surface area contributed by atoms with E-state index in [0.717, 1.165) is 17.0 Å². The van der Waals surface area contributed by atoms with Crippen LogP contribution in [0, 0.1) is 34.6 Å². The van der Waals surface area contributed by atoms with Gasteiger partial charge in [0.05, 0.1) is 0 Å². The van der Waals surface area contributed by atoms with Gasteiger partial charge >= 0.3 is 0 Å². The summed E-state index contributed by atoms with van der Waals surface area (Å²) in [6, 6.07) is 4.31. The Labute approximate surface area is 153 Å². The molecule has 1 N–H and O–H groups in total. The van der Waals surface area contributed by atoms with Crippen LogP contribution in [-0.4, -0.2) is 25.5 Å². The second kappa shape index (κ2) is 7.23. The van der Waals surface area contributed by atoms with E-state index in [4.69, 9.17) is 0 Å². The summed E-state index contributed by atoms with van der Waals surface area (Å²) in [5.74, 6) is 0.639. The van der Waals surface area contributed by atoms with E-state index < -0.39 is 0 Å². The van der Waals surface area contributed by atoms with Gasteiger partial charge in [0, 0.05) is 24.4 Å². The van der Waals surface area contributed by atoms with E-state index >= 15 is 0 Å². The van der Waals surface area contributed by atoms with Crippen molar-refractivity contribution in [1.82, 2.24) is 24.9 Å². The zero-order chi connectivity index (χ0) is 18.8. The third kappa shape index (κ3) is 3.59. The second-order valence-corrected chi connectivity index (χ2v) is 6.89. The number of benzene rings is 1. The highest BCUT2D eigenvalue weighted by molar-refractivity contribution is 5.76. The Bertz CT molecular complexity index is 951. The molecule has 26 heavy (non-hydrogen) atoms. The Hall–Kier alpha value is -2.76. The molecule has 0 aliphatic rings. The molecule has 2 aromatic heterocycles. The molecule has 136 valence electrons. The molecule has 3 aromatic rings. The van der Waals surface area contributed by atoms with Crippen LogP contribution in [0.1, 0.15) is 45.6 Å². The van der Waals surface area contributed by atoms with Crippen LogP contribution in [0.15, 0.2) is 18.5 Å². The smallest absolute Gasteiger partial charge is 0.252 e. The number of aryl methyl sites for hydroxylation is 5. The fraction of sp³-hybridized carbons (Fsp3) is 0.400. The third-order valence-electron chi connectivity index (χ3n) is 4.89. The average molecular weight is 351 g/mol. The summed E-state index contributed by atoms with van der Waals surface area (Å²) >= 11 is 0. The molecule has 0 bridgehead atoms. The van der Waals surface area contributed by atoms with Crippen molar-refractivity contribution in [1.29, 1.82) is 0 Å². The van der Waals surface area contributed by atoms with Gasteiger partial charge in [-0.1, -0.05) is 17.7 Å². The van der Waals surface area contributed by atoms with Crippen molar-refractivity contribution in [3.63, 3.8) is 0 Å². The van der Waals surface area contributed by atoms with Gasteiger partial charge in [-0.3, -0.25) is 4.79 Å². The fourth-order valence-corrected chi connectivity index (χ4v) is 3.52. The van der Waals surface area contributed by atoms with Gasteiger partial charge < -0.3 is 5.32 Å². The van der Waals surface area contributed by atoms with E-state index in [1.807, 2.05) is 13.8 Å². The molecule has 6 heteroatoms. The van der Waals surface area contributed by atoms with Crippen molar-refractivity contribution in [2.45, 2.75) is 54.0 Å². The van der Waals surface area contributed by atoms with Gasteiger partial charge in [-0.2, -0.15) is 10.1 Å². The van der Waals surface area contributed by atoms with Gasteiger partial charge in [0.25, 0.3) is 5.78 Å². The monoisotopic (exact) mass is 351 g/mol. The normalized spacial score (nSPS) is 11.1. The Balaban J connectivity index is 1.65. The van der Waals surface area contributed by atoms with Crippen molar-refractivity contribution < 1.29 is 4.79 Å². The number of hydrogen-bond acceptors (Lipinski definition) is 4. The summed E-state index contributed by atoms with van der Waals surface area (Å²) in [6.07, 6.45) is 2.56. The first-order chi connectivity index (χ1) is 12.4. The molecular formula is C20H25N5O. The van der Waals surface area contributed by atoms with Crippen LogP contribution < -0.4 is 5.32 Å². The number of hydrogen-bond donors (Lipinski definition) is 1. The molecule has 2 heterocycles. The molecule has 0 atom stereocenters. The number of fused-ring (bicyclic) bond motifs is 1. The number of aromatic nitrogens is 4. The highest BCUT2D eigenvalue weighted by Gasteiger charge is 2.13. The average Bonchev–Trinajstić information content (AvgIpc) is 3.02. The lowest BCUT2D eigenvalue weighted by atomic mass is 10.00. The highest BCUT2D eigenvalue weighted by atomic mass is 16.1. The van der Waals surface area contributed by atoms with E-state index in [0.29, 0.717) is 25.2 Å². The van der Waals surface area contributed by atoms with Gasteiger partial charge in [0.1, 0.15) is 6.33 Å². The van der Waals surface area contributed by atoms with Gasteiger partial charge in [-0.25, -0.2) is 9.50 Å². The Morgan fingerprint density at radius 3 is 2.46 bits per heavy atom. The lowest BCUT2D eigenvalue weighted by molar-refractivity contribution is -0.121. The number of nitrogens with one attached hydrogen (secondary N) is 1. The van der Waals surface area contributed by atoms with Crippen LogP contribution in [-0.2, 0) is 17.8 Å². The number of carbonyl (C=O) groups excluding carboxylic acids is 1. The standard InChI is InChI=1S/C20H25N5O/c1-12-8-13(2)18(14(3)9-12)10-21-19(26)7-6-17-15(4)24-20-22-11-23-25(20)16(17)5/h8-9,11H,6-7,10H2,1-5H3,(H,21,26). The number of rotatable bonds is 5. The van der Waals surface area contributed by atoms with Crippen LogP contribution in [0.2, 0.25) is 0 Å². The molecule has 1 amide bonds. The van der Waals surface area contributed by atoms with Gasteiger partial charge in [-0.15, -0.1) is 0 Å². The van der Waals surface area contributed by atoms with Crippen LogP contribution in [0.25, 0.3) is 5.78 Å². The van der Waals surface area contributed by atoms with Crippen molar-refractivity contribution in [3.05, 3.63) is 57.7 Å². The molecule has 1 aromatic carbocycles. The van der Waals surface area contributed by atoms with Crippen LogP contribution in [0.5, 0.6) is 0 Å². The maximum atomic E-state index is 12.3. The van der Waals surface area contributed by atoms with Gasteiger partial charge in [0.15, 0.2) is 0 Å². The SMILES string of the molecule is Cc1cc(C)c(CNC(=O)CCc2c(C)nc3ncnn3c2C)c(C)c1. The van der Waals surface area contributed by atoms with Crippen molar-refractivity contribution in [2.24, 2.45) is 0 Å². The zero-order valence-electron chi connectivity index (χ0n) is 16.1. The highest BCUT2D eigenvalue weighted by Crippen LogP contribution is 2.17. The molecule has 0 saturated heterocycles. The largest absolute Gasteiger partial charge is 0.352 e. The van der Waals surface area contributed by atoms with Gasteiger partial charge in [0.2, 0.25) is 5.91 Å². The number of nitrogens with zero attached hydrogens (tertiary/aromatic N) is 4. The first-order valence-corrected chi connectivity index (χ1v) is 8.86. The van der Waals surface area contributed by atoms with E-state index in [9.17, 15) is 4.79 Å².